The molecule has 0 saturated heterocycles. The molecule has 0 fully saturated rings. The van der Waals surface area contributed by atoms with Gasteiger partial charge in [-0.3, -0.25) is 0 Å². The largest absolute Gasteiger partial charge is 0.249 e. The summed E-state index contributed by atoms with van der Waals surface area (Å²) in [7, 11) is 0. The Morgan fingerprint density at radius 2 is 1.37 bits per heavy atom. The van der Waals surface area contributed by atoms with Gasteiger partial charge in [-0.2, -0.15) is 0 Å². The number of aromatic nitrogens is 2. The normalized spacial score (nSPS) is 12.2. The first kappa shape index (κ1) is 21.0. The second-order valence-electron chi connectivity index (χ2n) is 7.50. The van der Waals surface area contributed by atoms with Crippen LogP contribution in [0.15, 0.2) is 73.1 Å². The topological polar surface area (TPSA) is 25.8 Å². The van der Waals surface area contributed by atoms with Crippen LogP contribution < -0.4 is 0 Å². The molecule has 0 aliphatic rings. The fraction of sp³-hybridized carbons (Fsp3) is 0.269. The Labute approximate surface area is 187 Å². The van der Waals surface area contributed by atoms with Crippen molar-refractivity contribution in [3.63, 3.8) is 0 Å². The van der Waals surface area contributed by atoms with E-state index in [1.165, 1.54) is 50.2 Å². The molecule has 0 saturated carbocycles. The van der Waals surface area contributed by atoms with Crippen LogP contribution in [0.2, 0.25) is 0 Å². The third-order valence-corrected chi connectivity index (χ3v) is 7.60. The molecule has 0 N–H and O–H groups in total. The SMILES string of the molecule is [CH2]CCC(CCCCc1ncc(-c2ccccc2)s1)c1ncc(-c2ccccc2)s1. The van der Waals surface area contributed by atoms with Crippen LogP contribution >= 0.6 is 22.7 Å². The van der Waals surface area contributed by atoms with Crippen molar-refractivity contribution in [2.75, 3.05) is 0 Å². The summed E-state index contributed by atoms with van der Waals surface area (Å²) in [6.07, 6.45) is 10.7. The maximum absolute atomic E-state index is 4.77. The van der Waals surface area contributed by atoms with E-state index in [1.807, 2.05) is 35.1 Å². The van der Waals surface area contributed by atoms with Crippen LogP contribution in [0.25, 0.3) is 20.9 Å². The van der Waals surface area contributed by atoms with E-state index in [0.717, 1.165) is 19.3 Å². The Balaban J connectivity index is 1.31. The molecular formula is C26H27N2S2. The minimum Gasteiger partial charge on any atom is -0.249 e. The Hall–Kier alpha value is -2.30. The minimum absolute atomic E-state index is 0.515. The summed E-state index contributed by atoms with van der Waals surface area (Å²) >= 11 is 3.66. The molecule has 0 aliphatic heterocycles. The zero-order valence-electron chi connectivity index (χ0n) is 17.2. The van der Waals surface area contributed by atoms with Crippen molar-refractivity contribution in [1.82, 2.24) is 9.97 Å². The maximum atomic E-state index is 4.77. The predicted octanol–water partition coefficient (Wildman–Crippen LogP) is 8.04. The summed E-state index contributed by atoms with van der Waals surface area (Å²) in [4.78, 5) is 11.9. The molecule has 4 heteroatoms. The summed E-state index contributed by atoms with van der Waals surface area (Å²) in [5.74, 6) is 0.515. The zero-order valence-corrected chi connectivity index (χ0v) is 18.8. The fourth-order valence-corrected chi connectivity index (χ4v) is 5.74. The molecule has 1 atom stereocenters. The average molecular weight is 432 g/mol. The molecular weight excluding hydrogens is 404 g/mol. The van der Waals surface area contributed by atoms with E-state index in [0.29, 0.717) is 5.92 Å². The van der Waals surface area contributed by atoms with Crippen LogP contribution in [-0.4, -0.2) is 9.97 Å². The first-order valence-corrected chi connectivity index (χ1v) is 12.3. The van der Waals surface area contributed by atoms with Gasteiger partial charge in [-0.25, -0.2) is 9.97 Å². The van der Waals surface area contributed by atoms with Crippen molar-refractivity contribution in [1.29, 1.82) is 0 Å². The number of nitrogens with zero attached hydrogens (tertiary/aromatic N) is 2. The lowest BCUT2D eigenvalue weighted by atomic mass is 9.97. The zero-order chi connectivity index (χ0) is 20.6. The molecule has 2 nitrogen and oxygen atoms in total. The van der Waals surface area contributed by atoms with Gasteiger partial charge in [-0.05, 0) is 36.8 Å². The molecule has 0 spiro atoms. The van der Waals surface area contributed by atoms with Gasteiger partial charge in [0.1, 0.15) is 0 Å². The number of unbranched alkanes of at least 4 members (excludes halogenated alkanes) is 1. The van der Waals surface area contributed by atoms with Crippen molar-refractivity contribution < 1.29 is 0 Å². The van der Waals surface area contributed by atoms with Gasteiger partial charge in [0.15, 0.2) is 0 Å². The molecule has 30 heavy (non-hydrogen) atoms. The quantitative estimate of drug-likeness (QED) is 0.237. The predicted molar refractivity (Wildman–Crippen MR) is 130 cm³/mol. The van der Waals surface area contributed by atoms with Crippen LogP contribution in [0.3, 0.4) is 0 Å². The molecule has 4 rings (SSSR count). The lowest BCUT2D eigenvalue weighted by molar-refractivity contribution is 0.538. The molecule has 4 aromatic rings. The van der Waals surface area contributed by atoms with E-state index in [9.17, 15) is 0 Å². The summed E-state index contributed by atoms with van der Waals surface area (Å²) in [5.41, 5.74) is 2.52. The van der Waals surface area contributed by atoms with Gasteiger partial charge in [-0.1, -0.05) is 80.4 Å². The molecule has 0 amide bonds. The first-order chi connectivity index (χ1) is 14.8. The average Bonchev–Trinajstić information content (AvgIpc) is 3.47. The van der Waals surface area contributed by atoms with E-state index < -0.39 is 0 Å². The summed E-state index contributed by atoms with van der Waals surface area (Å²) in [5, 5.41) is 2.50. The molecule has 0 aliphatic carbocycles. The number of hydrogen-bond donors (Lipinski definition) is 0. The first-order valence-electron chi connectivity index (χ1n) is 10.6. The van der Waals surface area contributed by atoms with E-state index in [-0.39, 0.29) is 0 Å². The van der Waals surface area contributed by atoms with Gasteiger partial charge in [0, 0.05) is 18.3 Å². The lowest BCUT2D eigenvalue weighted by Crippen LogP contribution is -1.98. The Morgan fingerprint density at radius 3 is 2.03 bits per heavy atom. The smallest absolute Gasteiger partial charge is 0.0962 e. The number of benzene rings is 2. The van der Waals surface area contributed by atoms with Gasteiger partial charge < -0.3 is 0 Å². The molecule has 2 aromatic heterocycles. The minimum atomic E-state index is 0.515. The van der Waals surface area contributed by atoms with Crippen molar-refractivity contribution in [3.05, 3.63) is 90.0 Å². The van der Waals surface area contributed by atoms with Gasteiger partial charge in [0.2, 0.25) is 0 Å². The Kier molecular flexibility index (Phi) is 7.44. The fourth-order valence-electron chi connectivity index (χ4n) is 3.68. The van der Waals surface area contributed by atoms with Crippen molar-refractivity contribution in [2.24, 2.45) is 0 Å². The van der Waals surface area contributed by atoms with Gasteiger partial charge >= 0.3 is 0 Å². The summed E-state index contributed by atoms with van der Waals surface area (Å²) in [6, 6.07) is 21.1. The Morgan fingerprint density at radius 1 is 0.733 bits per heavy atom. The third-order valence-electron chi connectivity index (χ3n) is 5.29. The highest BCUT2D eigenvalue weighted by atomic mass is 32.1. The number of rotatable bonds is 10. The van der Waals surface area contributed by atoms with Crippen LogP contribution in [-0.2, 0) is 6.42 Å². The lowest BCUT2D eigenvalue weighted by Gasteiger charge is -2.12. The van der Waals surface area contributed by atoms with Gasteiger partial charge in [0.05, 0.1) is 19.8 Å². The third kappa shape index (κ3) is 5.44. The highest BCUT2D eigenvalue weighted by Gasteiger charge is 2.15. The van der Waals surface area contributed by atoms with Gasteiger partial charge in [0.25, 0.3) is 0 Å². The van der Waals surface area contributed by atoms with Crippen molar-refractivity contribution >= 4 is 22.7 Å². The Bertz CT molecular complexity index is 1020. The molecule has 2 heterocycles. The van der Waals surface area contributed by atoms with Gasteiger partial charge in [-0.15, -0.1) is 22.7 Å². The van der Waals surface area contributed by atoms with E-state index in [1.54, 1.807) is 0 Å². The van der Waals surface area contributed by atoms with Crippen molar-refractivity contribution in [2.45, 2.75) is 44.4 Å². The highest BCUT2D eigenvalue weighted by Crippen LogP contribution is 2.35. The van der Waals surface area contributed by atoms with E-state index >= 15 is 0 Å². The summed E-state index contributed by atoms with van der Waals surface area (Å²) < 4.78 is 0. The number of aryl methyl sites for hydroxylation is 1. The number of thiazole rings is 2. The molecule has 153 valence electrons. The molecule has 1 radical (unpaired) electrons. The highest BCUT2D eigenvalue weighted by molar-refractivity contribution is 7.15. The van der Waals surface area contributed by atoms with E-state index in [4.69, 9.17) is 4.98 Å². The van der Waals surface area contributed by atoms with Crippen LogP contribution in [0, 0.1) is 6.92 Å². The molecule has 2 aromatic carbocycles. The van der Waals surface area contributed by atoms with E-state index in [2.05, 4.69) is 72.6 Å². The molecule has 1 unspecified atom stereocenters. The maximum Gasteiger partial charge on any atom is 0.0962 e. The standard InChI is InChI=1S/C26H27N2S2/c1-2-11-22(26-28-19-24(30-26)21-14-7-4-8-15-21)16-9-10-17-25-27-18-23(29-25)20-12-5-3-6-13-20/h3-8,12-15,18-19,22H,1-2,9-11,16-17H2. The van der Waals surface area contributed by atoms with Crippen LogP contribution in [0.4, 0.5) is 0 Å². The van der Waals surface area contributed by atoms with Crippen LogP contribution in [0.5, 0.6) is 0 Å². The second-order valence-corrected chi connectivity index (χ2v) is 9.68. The second kappa shape index (κ2) is 10.6. The monoisotopic (exact) mass is 431 g/mol. The van der Waals surface area contributed by atoms with Crippen LogP contribution in [0.1, 0.15) is 48.0 Å². The number of hydrogen-bond acceptors (Lipinski definition) is 4. The van der Waals surface area contributed by atoms with Crippen molar-refractivity contribution in [3.8, 4) is 20.9 Å². The molecule has 0 bridgehead atoms. The summed E-state index contributed by atoms with van der Waals surface area (Å²) in [6.45, 7) is 4.09.